The predicted octanol–water partition coefficient (Wildman–Crippen LogP) is 4.60. The number of rotatable bonds is 7. The van der Waals surface area contributed by atoms with Crippen LogP contribution in [-0.2, 0) is 11.2 Å². The lowest BCUT2D eigenvalue weighted by Gasteiger charge is -2.30. The van der Waals surface area contributed by atoms with Crippen LogP contribution in [0.15, 0.2) is 79.1 Å². The molecule has 170 valence electrons. The third-order valence-corrected chi connectivity index (χ3v) is 6.35. The minimum Gasteiger partial charge on any atom is -0.355 e. The normalized spacial score (nSPS) is 17.8. The molecule has 0 saturated carbocycles. The van der Waals surface area contributed by atoms with Gasteiger partial charge in [0.05, 0.1) is 5.41 Å². The van der Waals surface area contributed by atoms with E-state index in [1.54, 1.807) is 12.4 Å². The average Bonchev–Trinajstić information content (AvgIpc) is 3.28. The van der Waals surface area contributed by atoms with Crippen molar-refractivity contribution in [2.75, 3.05) is 19.6 Å². The first-order valence-electron chi connectivity index (χ1n) is 11.6. The van der Waals surface area contributed by atoms with Crippen LogP contribution in [0.1, 0.15) is 36.2 Å². The van der Waals surface area contributed by atoms with Crippen molar-refractivity contribution in [1.29, 1.82) is 0 Å². The van der Waals surface area contributed by atoms with E-state index in [2.05, 4.69) is 36.3 Å². The summed E-state index contributed by atoms with van der Waals surface area (Å²) in [7, 11) is 0. The SMILES string of the molecule is CC(C)CNC(=O)C1(Cc2ccccc2-c2ccncc2)CCN(C(=O)c2ccccc2)C1. The minimum atomic E-state index is -0.664. The van der Waals surface area contributed by atoms with E-state index < -0.39 is 5.41 Å². The van der Waals surface area contributed by atoms with E-state index >= 15 is 0 Å². The van der Waals surface area contributed by atoms with Crippen molar-refractivity contribution in [3.05, 3.63) is 90.3 Å². The molecule has 1 fully saturated rings. The number of carbonyl (C=O) groups excluding carboxylic acids is 2. The van der Waals surface area contributed by atoms with Crippen molar-refractivity contribution in [2.45, 2.75) is 26.7 Å². The zero-order chi connectivity index (χ0) is 23.3. The maximum atomic E-state index is 13.6. The smallest absolute Gasteiger partial charge is 0.253 e. The van der Waals surface area contributed by atoms with Gasteiger partial charge in [-0.1, -0.05) is 56.3 Å². The molecule has 4 rings (SSSR count). The van der Waals surface area contributed by atoms with Gasteiger partial charge >= 0.3 is 0 Å². The minimum absolute atomic E-state index is 0.0171. The number of carbonyl (C=O) groups is 2. The van der Waals surface area contributed by atoms with Gasteiger partial charge in [-0.15, -0.1) is 0 Å². The van der Waals surface area contributed by atoms with Crippen LogP contribution in [0.4, 0.5) is 0 Å². The van der Waals surface area contributed by atoms with Crippen LogP contribution in [0.2, 0.25) is 0 Å². The van der Waals surface area contributed by atoms with Crippen molar-refractivity contribution in [3.8, 4) is 11.1 Å². The average molecular weight is 442 g/mol. The van der Waals surface area contributed by atoms with E-state index in [9.17, 15) is 9.59 Å². The summed E-state index contributed by atoms with van der Waals surface area (Å²) in [6.45, 7) is 5.78. The third kappa shape index (κ3) is 5.14. The lowest BCUT2D eigenvalue weighted by Crippen LogP contribution is -2.46. The Morgan fingerprint density at radius 3 is 2.42 bits per heavy atom. The van der Waals surface area contributed by atoms with Crippen LogP contribution in [0.25, 0.3) is 11.1 Å². The molecule has 5 nitrogen and oxygen atoms in total. The highest BCUT2D eigenvalue weighted by Crippen LogP contribution is 2.38. The Morgan fingerprint density at radius 1 is 1.00 bits per heavy atom. The Balaban J connectivity index is 1.65. The third-order valence-electron chi connectivity index (χ3n) is 6.35. The summed E-state index contributed by atoms with van der Waals surface area (Å²) in [6, 6.07) is 21.5. The summed E-state index contributed by atoms with van der Waals surface area (Å²) < 4.78 is 0. The van der Waals surface area contributed by atoms with Gasteiger partial charge in [0, 0.05) is 37.6 Å². The van der Waals surface area contributed by atoms with Crippen molar-refractivity contribution < 1.29 is 9.59 Å². The van der Waals surface area contributed by atoms with E-state index in [4.69, 9.17) is 0 Å². The molecule has 3 aromatic rings. The number of hydrogen-bond acceptors (Lipinski definition) is 3. The maximum Gasteiger partial charge on any atom is 0.253 e. The largest absolute Gasteiger partial charge is 0.355 e. The van der Waals surface area contributed by atoms with E-state index in [1.807, 2.05) is 59.5 Å². The standard InChI is InChI=1S/C28H31N3O2/c1-21(2)19-30-27(33)28(14-17-31(20-28)26(32)23-8-4-3-5-9-23)18-24-10-6-7-11-25(24)22-12-15-29-16-13-22/h3-13,15-16,21H,14,17-20H2,1-2H3,(H,30,33). The maximum absolute atomic E-state index is 13.6. The van der Waals surface area contributed by atoms with Crippen LogP contribution in [0, 0.1) is 11.3 Å². The molecule has 0 aliphatic carbocycles. The van der Waals surface area contributed by atoms with Crippen molar-refractivity contribution in [2.24, 2.45) is 11.3 Å². The zero-order valence-electron chi connectivity index (χ0n) is 19.3. The number of likely N-dealkylation sites (tertiary alicyclic amines) is 1. The Labute approximate surface area is 195 Å². The van der Waals surface area contributed by atoms with Gasteiger partial charge in [0.15, 0.2) is 0 Å². The molecule has 2 aromatic carbocycles. The summed E-state index contributed by atoms with van der Waals surface area (Å²) in [5.74, 6) is 0.374. The topological polar surface area (TPSA) is 62.3 Å². The second kappa shape index (κ2) is 9.99. The van der Waals surface area contributed by atoms with Crippen molar-refractivity contribution in [3.63, 3.8) is 0 Å². The predicted molar refractivity (Wildman–Crippen MR) is 131 cm³/mol. The molecular formula is C28H31N3O2. The molecule has 0 bridgehead atoms. The summed E-state index contributed by atoms with van der Waals surface area (Å²) in [5.41, 5.74) is 3.28. The van der Waals surface area contributed by atoms with Crippen molar-refractivity contribution in [1.82, 2.24) is 15.2 Å². The Morgan fingerprint density at radius 2 is 1.70 bits per heavy atom. The molecule has 0 spiro atoms. The second-order valence-electron chi connectivity index (χ2n) is 9.30. The van der Waals surface area contributed by atoms with Crippen LogP contribution in [-0.4, -0.2) is 41.3 Å². The quantitative estimate of drug-likeness (QED) is 0.583. The van der Waals surface area contributed by atoms with E-state index in [0.29, 0.717) is 44.0 Å². The molecule has 1 aliphatic rings. The molecule has 1 atom stereocenters. The molecule has 2 heterocycles. The fourth-order valence-electron chi connectivity index (χ4n) is 4.56. The van der Waals surface area contributed by atoms with E-state index in [1.165, 1.54) is 0 Å². The van der Waals surface area contributed by atoms with Crippen LogP contribution in [0.5, 0.6) is 0 Å². The Hall–Kier alpha value is -3.47. The highest BCUT2D eigenvalue weighted by molar-refractivity contribution is 5.95. The van der Waals surface area contributed by atoms with E-state index in [0.717, 1.165) is 16.7 Å². The highest BCUT2D eigenvalue weighted by Gasteiger charge is 2.46. The van der Waals surface area contributed by atoms with Gasteiger partial charge in [-0.25, -0.2) is 0 Å². The fourth-order valence-corrected chi connectivity index (χ4v) is 4.56. The van der Waals surface area contributed by atoms with Gasteiger partial charge < -0.3 is 10.2 Å². The number of hydrogen-bond donors (Lipinski definition) is 1. The first kappa shape index (κ1) is 22.7. The van der Waals surface area contributed by atoms with Gasteiger partial charge in [-0.05, 0) is 59.7 Å². The molecule has 33 heavy (non-hydrogen) atoms. The van der Waals surface area contributed by atoms with Gasteiger partial charge in [-0.3, -0.25) is 14.6 Å². The molecule has 1 unspecified atom stereocenters. The number of nitrogens with one attached hydrogen (secondary N) is 1. The van der Waals surface area contributed by atoms with E-state index in [-0.39, 0.29) is 11.8 Å². The number of benzene rings is 2. The second-order valence-corrected chi connectivity index (χ2v) is 9.30. The van der Waals surface area contributed by atoms with Crippen LogP contribution < -0.4 is 5.32 Å². The van der Waals surface area contributed by atoms with Crippen LogP contribution in [0.3, 0.4) is 0 Å². The van der Waals surface area contributed by atoms with Gasteiger partial charge in [0.25, 0.3) is 5.91 Å². The molecule has 1 aliphatic heterocycles. The summed E-state index contributed by atoms with van der Waals surface area (Å²) in [6.07, 6.45) is 4.79. The molecule has 1 N–H and O–H groups in total. The lowest BCUT2D eigenvalue weighted by molar-refractivity contribution is -0.130. The molecule has 2 amide bonds. The number of nitrogens with zero attached hydrogens (tertiary/aromatic N) is 2. The molecule has 1 aromatic heterocycles. The first-order valence-corrected chi connectivity index (χ1v) is 11.6. The zero-order valence-corrected chi connectivity index (χ0v) is 19.3. The number of amides is 2. The van der Waals surface area contributed by atoms with Gasteiger partial charge in [0.2, 0.25) is 5.91 Å². The van der Waals surface area contributed by atoms with Gasteiger partial charge in [-0.2, -0.15) is 0 Å². The molecular weight excluding hydrogens is 410 g/mol. The summed E-state index contributed by atoms with van der Waals surface area (Å²) >= 11 is 0. The fraction of sp³-hybridized carbons (Fsp3) is 0.321. The summed E-state index contributed by atoms with van der Waals surface area (Å²) in [4.78, 5) is 32.7. The Kier molecular flexibility index (Phi) is 6.87. The molecule has 5 heteroatoms. The Bertz CT molecular complexity index is 1100. The van der Waals surface area contributed by atoms with Crippen LogP contribution >= 0.6 is 0 Å². The lowest BCUT2D eigenvalue weighted by atomic mass is 9.78. The molecule has 1 saturated heterocycles. The van der Waals surface area contributed by atoms with Crippen molar-refractivity contribution >= 4 is 11.8 Å². The first-order chi connectivity index (χ1) is 16.0. The summed E-state index contributed by atoms with van der Waals surface area (Å²) in [5, 5.41) is 3.16. The number of pyridine rings is 1. The highest BCUT2D eigenvalue weighted by atomic mass is 16.2. The monoisotopic (exact) mass is 441 g/mol. The molecule has 0 radical (unpaired) electrons. The van der Waals surface area contributed by atoms with Gasteiger partial charge in [0.1, 0.15) is 0 Å². The number of aromatic nitrogens is 1.